The zero-order valence-corrected chi connectivity index (χ0v) is 36.2. The van der Waals surface area contributed by atoms with Gasteiger partial charge in [0, 0.05) is 12.8 Å². The van der Waals surface area contributed by atoms with Gasteiger partial charge in [0.2, 0.25) is 0 Å². The largest absolute Gasteiger partial charge is 0.462 e. The zero-order valence-electron chi connectivity index (χ0n) is 35.4. The number of aliphatic hydroxyl groups excluding tert-OH is 3. The molecule has 1 aliphatic heterocycles. The molecule has 6 atom stereocenters. The standard InChI is InChI=1S/C45H76O12S/c1-3-5-7-9-11-13-15-17-18-19-20-22-23-25-27-29-31-33-40(46)54-35-38(36-55-45-44(50)43(49)42(48)39(57-45)37-58(51,52)53)56-41(47)34-32-30-28-26-24-21-16-14-12-10-8-6-4-2/h6,8,10,12,14,16-18,21,24,38-39,42-45,48-50H,3-5,7,9,11,13,15,19-20,22-23,25-37H2,1-2H3,(H,51,52,53)/b8-6+,12-10+,16-14+,18-17+,24-21+/t38?,39-,42-,43?,44?,45+/m1/s1. The number of carbonyl (C=O) groups is 2. The maximum atomic E-state index is 12.8. The second-order valence-electron chi connectivity index (χ2n) is 15.1. The van der Waals surface area contributed by atoms with E-state index in [-0.39, 0.29) is 19.4 Å². The third-order valence-corrected chi connectivity index (χ3v) is 10.4. The molecule has 334 valence electrons. The highest BCUT2D eigenvalue weighted by molar-refractivity contribution is 7.85. The van der Waals surface area contributed by atoms with Crippen LogP contribution in [0.2, 0.25) is 0 Å². The van der Waals surface area contributed by atoms with Crippen LogP contribution in [0.5, 0.6) is 0 Å². The van der Waals surface area contributed by atoms with Crippen LogP contribution in [0.3, 0.4) is 0 Å². The van der Waals surface area contributed by atoms with Crippen molar-refractivity contribution in [3.8, 4) is 0 Å². The lowest BCUT2D eigenvalue weighted by Gasteiger charge is -2.40. The molecule has 58 heavy (non-hydrogen) atoms. The Bertz CT molecular complexity index is 1310. The fraction of sp³-hybridized carbons (Fsp3) is 0.733. The summed E-state index contributed by atoms with van der Waals surface area (Å²) in [4.78, 5) is 25.3. The highest BCUT2D eigenvalue weighted by atomic mass is 32.2. The predicted molar refractivity (Wildman–Crippen MR) is 229 cm³/mol. The van der Waals surface area contributed by atoms with Crippen LogP contribution in [0.25, 0.3) is 0 Å². The molecule has 0 bridgehead atoms. The van der Waals surface area contributed by atoms with Crippen LogP contribution < -0.4 is 0 Å². The van der Waals surface area contributed by atoms with Crippen LogP contribution in [-0.2, 0) is 38.7 Å². The molecule has 0 radical (unpaired) electrons. The molecule has 0 aromatic carbocycles. The molecule has 0 aromatic heterocycles. The molecule has 13 heteroatoms. The van der Waals surface area contributed by atoms with Crippen molar-refractivity contribution >= 4 is 22.1 Å². The van der Waals surface area contributed by atoms with Gasteiger partial charge in [-0.15, -0.1) is 0 Å². The average Bonchev–Trinajstić information content (AvgIpc) is 3.18. The van der Waals surface area contributed by atoms with Crippen molar-refractivity contribution in [3.05, 3.63) is 60.8 Å². The molecule has 0 amide bonds. The Balaban J connectivity index is 2.48. The van der Waals surface area contributed by atoms with E-state index in [1.165, 1.54) is 64.2 Å². The van der Waals surface area contributed by atoms with Gasteiger partial charge in [-0.1, -0.05) is 145 Å². The molecular weight excluding hydrogens is 765 g/mol. The van der Waals surface area contributed by atoms with Gasteiger partial charge < -0.3 is 34.3 Å². The highest BCUT2D eigenvalue weighted by Gasteiger charge is 2.46. The molecule has 4 N–H and O–H groups in total. The normalized spacial score (nSPS) is 21.0. The van der Waals surface area contributed by atoms with Gasteiger partial charge in [-0.2, -0.15) is 8.42 Å². The Labute approximate surface area is 349 Å². The second-order valence-corrected chi connectivity index (χ2v) is 16.6. The van der Waals surface area contributed by atoms with Gasteiger partial charge in [-0.05, 0) is 57.8 Å². The molecule has 1 heterocycles. The van der Waals surface area contributed by atoms with Gasteiger partial charge in [-0.3, -0.25) is 14.1 Å². The summed E-state index contributed by atoms with van der Waals surface area (Å²) in [6, 6.07) is 0. The third kappa shape index (κ3) is 29.5. The first kappa shape index (κ1) is 53.4. The Kier molecular flexibility index (Phi) is 32.3. The SMILES string of the molecule is CC/C=C/C=C/C=C/C=C/CCCCCC(=O)OC(COC(=O)CCCCCCCCC/C=C/CCCCCCCC)CO[C@H]1O[C@H](CS(=O)(=O)O)[C@@H](O)C(O)C1O. The first-order chi connectivity index (χ1) is 28.0. The third-order valence-electron chi connectivity index (χ3n) is 9.68. The molecule has 1 aliphatic rings. The molecule has 3 unspecified atom stereocenters. The molecule has 0 spiro atoms. The maximum Gasteiger partial charge on any atom is 0.306 e. The van der Waals surface area contributed by atoms with Crippen LogP contribution >= 0.6 is 0 Å². The first-order valence-electron chi connectivity index (χ1n) is 21.9. The van der Waals surface area contributed by atoms with Crippen LogP contribution in [0.1, 0.15) is 155 Å². The first-order valence-corrected chi connectivity index (χ1v) is 23.5. The zero-order chi connectivity index (χ0) is 42.7. The van der Waals surface area contributed by atoms with Crippen molar-refractivity contribution < 1.29 is 56.8 Å². The number of aliphatic hydroxyl groups is 3. The van der Waals surface area contributed by atoms with Crippen LogP contribution in [0.15, 0.2) is 60.8 Å². The number of carbonyl (C=O) groups excluding carboxylic acids is 2. The van der Waals surface area contributed by atoms with E-state index in [2.05, 4.69) is 38.2 Å². The summed E-state index contributed by atoms with van der Waals surface area (Å²) in [6.45, 7) is 3.56. The number of allylic oxidation sites excluding steroid dienone is 10. The van der Waals surface area contributed by atoms with Crippen molar-refractivity contribution in [1.29, 1.82) is 0 Å². The summed E-state index contributed by atoms with van der Waals surface area (Å²) in [5, 5.41) is 30.8. The van der Waals surface area contributed by atoms with E-state index in [0.29, 0.717) is 12.8 Å². The molecule has 1 saturated heterocycles. The number of esters is 2. The Hall–Kier alpha value is -2.65. The van der Waals surface area contributed by atoms with E-state index in [1.54, 1.807) is 0 Å². The fourth-order valence-corrected chi connectivity index (χ4v) is 6.96. The van der Waals surface area contributed by atoms with Gasteiger partial charge in [0.15, 0.2) is 12.4 Å². The fourth-order valence-electron chi connectivity index (χ4n) is 6.27. The predicted octanol–water partition coefficient (Wildman–Crippen LogP) is 8.56. The molecular formula is C45H76O12S. The monoisotopic (exact) mass is 841 g/mol. The van der Waals surface area contributed by atoms with Crippen molar-refractivity contribution in [2.75, 3.05) is 19.0 Å². The molecule has 12 nitrogen and oxygen atoms in total. The Morgan fingerprint density at radius 1 is 0.603 bits per heavy atom. The van der Waals surface area contributed by atoms with Crippen molar-refractivity contribution in [2.24, 2.45) is 0 Å². The average molecular weight is 841 g/mol. The van der Waals surface area contributed by atoms with Gasteiger partial charge in [0.05, 0.1) is 6.61 Å². The number of rotatable bonds is 35. The summed E-state index contributed by atoms with van der Waals surface area (Å²) in [5.74, 6) is -2.05. The van der Waals surface area contributed by atoms with Crippen molar-refractivity contribution in [1.82, 2.24) is 0 Å². The van der Waals surface area contributed by atoms with Gasteiger partial charge in [0.1, 0.15) is 36.8 Å². The molecule has 1 fully saturated rings. The van der Waals surface area contributed by atoms with Gasteiger partial charge >= 0.3 is 11.9 Å². The minimum absolute atomic E-state index is 0.115. The van der Waals surface area contributed by atoms with Crippen LogP contribution in [0, 0.1) is 0 Å². The summed E-state index contributed by atoms with van der Waals surface area (Å²) in [6.07, 6.45) is 32.7. The number of hydrogen-bond acceptors (Lipinski definition) is 11. The van der Waals surface area contributed by atoms with Gasteiger partial charge in [0.25, 0.3) is 10.1 Å². The lowest BCUT2D eigenvalue weighted by molar-refractivity contribution is -0.297. The van der Waals surface area contributed by atoms with Crippen LogP contribution in [-0.4, -0.2) is 96.0 Å². The van der Waals surface area contributed by atoms with E-state index in [1.807, 2.05) is 36.5 Å². The minimum Gasteiger partial charge on any atom is -0.462 e. The van der Waals surface area contributed by atoms with E-state index >= 15 is 0 Å². The van der Waals surface area contributed by atoms with E-state index in [4.69, 9.17) is 18.9 Å². The van der Waals surface area contributed by atoms with Crippen molar-refractivity contribution in [2.45, 2.75) is 192 Å². The summed E-state index contributed by atoms with van der Waals surface area (Å²) < 4.78 is 53.9. The lowest BCUT2D eigenvalue weighted by Crippen LogP contribution is -2.60. The number of hydrogen-bond donors (Lipinski definition) is 4. The minimum atomic E-state index is -4.61. The van der Waals surface area contributed by atoms with Crippen LogP contribution in [0.4, 0.5) is 0 Å². The summed E-state index contributed by atoms with van der Waals surface area (Å²) in [7, 11) is -4.61. The number of ether oxygens (including phenoxy) is 4. The smallest absolute Gasteiger partial charge is 0.306 e. The highest BCUT2D eigenvalue weighted by Crippen LogP contribution is 2.24. The quantitative estimate of drug-likeness (QED) is 0.0157. The van der Waals surface area contributed by atoms with Crippen molar-refractivity contribution in [3.63, 3.8) is 0 Å². The molecule has 0 aliphatic carbocycles. The number of unbranched alkanes of at least 4 members (excludes halogenated alkanes) is 16. The summed E-state index contributed by atoms with van der Waals surface area (Å²) in [5.41, 5.74) is 0. The Morgan fingerprint density at radius 3 is 1.69 bits per heavy atom. The molecule has 1 rings (SSSR count). The maximum absolute atomic E-state index is 12.8. The molecule has 0 aromatic rings. The Morgan fingerprint density at radius 2 is 1.10 bits per heavy atom. The van der Waals surface area contributed by atoms with E-state index in [9.17, 15) is 37.9 Å². The van der Waals surface area contributed by atoms with E-state index < -0.39 is 71.2 Å². The molecule has 0 saturated carbocycles. The van der Waals surface area contributed by atoms with E-state index in [0.717, 1.165) is 51.4 Å². The summed E-state index contributed by atoms with van der Waals surface area (Å²) >= 11 is 0. The lowest BCUT2D eigenvalue weighted by atomic mass is 10.00. The topological polar surface area (TPSA) is 186 Å². The van der Waals surface area contributed by atoms with Gasteiger partial charge in [-0.25, -0.2) is 0 Å². The second kappa shape index (κ2) is 35.1.